The first-order chi connectivity index (χ1) is 8.37. The van der Waals surface area contributed by atoms with Crippen molar-refractivity contribution in [2.75, 3.05) is 6.54 Å². The summed E-state index contributed by atoms with van der Waals surface area (Å²) >= 11 is 1.61. The number of ether oxygens (including phenoxy) is 1. The predicted octanol–water partition coefficient (Wildman–Crippen LogP) is 2.15. The number of amides is 1. The number of carbonyl (C=O) groups excluding carboxylic acids is 1. The Bertz CT molecular complexity index is 360. The third kappa shape index (κ3) is 6.56. The number of thiazole rings is 1. The maximum Gasteiger partial charge on any atom is 0.407 e. The van der Waals surface area contributed by atoms with Crippen LogP contribution in [0, 0.1) is 0 Å². The number of nitrogens with one attached hydrogen (secondary N) is 2. The highest BCUT2D eigenvalue weighted by Crippen LogP contribution is 2.06. The van der Waals surface area contributed by atoms with Crippen LogP contribution in [0.3, 0.4) is 0 Å². The van der Waals surface area contributed by atoms with Crippen molar-refractivity contribution in [3.8, 4) is 0 Å². The van der Waals surface area contributed by atoms with Gasteiger partial charge in [0.15, 0.2) is 0 Å². The Morgan fingerprint density at radius 2 is 2.28 bits per heavy atom. The molecule has 102 valence electrons. The molecule has 0 bridgehead atoms. The molecule has 2 N–H and O–H groups in total. The summed E-state index contributed by atoms with van der Waals surface area (Å²) in [6.07, 6.45) is 1.46. The van der Waals surface area contributed by atoms with Gasteiger partial charge in [-0.1, -0.05) is 0 Å². The zero-order valence-electron chi connectivity index (χ0n) is 11.3. The van der Waals surface area contributed by atoms with E-state index in [2.05, 4.69) is 15.6 Å². The van der Waals surface area contributed by atoms with Gasteiger partial charge in [0.1, 0.15) is 5.60 Å². The van der Waals surface area contributed by atoms with E-state index in [1.54, 1.807) is 16.8 Å². The van der Waals surface area contributed by atoms with Gasteiger partial charge in [-0.25, -0.2) is 4.79 Å². The minimum absolute atomic E-state index is 0.180. The van der Waals surface area contributed by atoms with E-state index in [4.69, 9.17) is 4.74 Å². The lowest BCUT2D eigenvalue weighted by atomic mass is 10.2. The molecule has 0 radical (unpaired) electrons. The monoisotopic (exact) mass is 271 g/mol. The molecule has 0 saturated carbocycles. The molecule has 5 nitrogen and oxygen atoms in total. The molecular formula is C12H21N3O2S. The molecule has 0 aliphatic rings. The van der Waals surface area contributed by atoms with Gasteiger partial charge in [0, 0.05) is 30.2 Å². The molecule has 0 aromatic carbocycles. The second-order valence-electron chi connectivity index (χ2n) is 5.13. The molecule has 1 atom stereocenters. The van der Waals surface area contributed by atoms with Crippen molar-refractivity contribution in [3.05, 3.63) is 16.6 Å². The van der Waals surface area contributed by atoms with Crippen LogP contribution in [0.15, 0.2) is 11.7 Å². The molecular weight excluding hydrogens is 250 g/mol. The summed E-state index contributed by atoms with van der Waals surface area (Å²) in [5.74, 6) is 0. The summed E-state index contributed by atoms with van der Waals surface area (Å²) in [6, 6.07) is 0.180. The first kappa shape index (κ1) is 14.9. The van der Waals surface area contributed by atoms with E-state index in [1.165, 1.54) is 4.88 Å². The smallest absolute Gasteiger partial charge is 0.407 e. The number of nitrogens with zero attached hydrogens (tertiary/aromatic N) is 1. The average Bonchev–Trinajstić information content (AvgIpc) is 2.74. The van der Waals surface area contributed by atoms with E-state index in [0.717, 1.165) is 6.54 Å². The molecule has 0 spiro atoms. The van der Waals surface area contributed by atoms with E-state index in [9.17, 15) is 4.79 Å². The molecule has 1 rings (SSSR count). The standard InChI is InChI=1S/C12H21N3O2S/c1-9(14-7-10-6-13-8-18-10)5-15-11(16)17-12(2,3)4/h6,8-9,14H,5,7H2,1-4H3,(H,15,16). The maximum absolute atomic E-state index is 11.4. The Hall–Kier alpha value is -1.14. The maximum atomic E-state index is 11.4. The van der Waals surface area contributed by atoms with Crippen LogP contribution in [-0.2, 0) is 11.3 Å². The molecule has 1 aromatic rings. The van der Waals surface area contributed by atoms with E-state index in [0.29, 0.717) is 6.54 Å². The van der Waals surface area contributed by atoms with Gasteiger partial charge in [-0.3, -0.25) is 4.98 Å². The van der Waals surface area contributed by atoms with Crippen LogP contribution in [0.4, 0.5) is 4.79 Å². The molecule has 1 aromatic heterocycles. The van der Waals surface area contributed by atoms with Gasteiger partial charge < -0.3 is 15.4 Å². The summed E-state index contributed by atoms with van der Waals surface area (Å²) in [7, 11) is 0. The van der Waals surface area contributed by atoms with Crippen LogP contribution in [0.1, 0.15) is 32.6 Å². The third-order valence-electron chi connectivity index (χ3n) is 2.06. The van der Waals surface area contributed by atoms with Crippen molar-refractivity contribution in [2.24, 2.45) is 0 Å². The predicted molar refractivity (Wildman–Crippen MR) is 72.7 cm³/mol. The van der Waals surface area contributed by atoms with Crippen molar-refractivity contribution in [3.63, 3.8) is 0 Å². The van der Waals surface area contributed by atoms with Crippen molar-refractivity contribution >= 4 is 17.4 Å². The molecule has 18 heavy (non-hydrogen) atoms. The van der Waals surface area contributed by atoms with Crippen LogP contribution in [0.5, 0.6) is 0 Å². The minimum Gasteiger partial charge on any atom is -0.444 e. The molecule has 0 fully saturated rings. The number of aromatic nitrogens is 1. The van der Waals surface area contributed by atoms with Crippen LogP contribution in [0.2, 0.25) is 0 Å². The van der Waals surface area contributed by atoms with Crippen LogP contribution in [0.25, 0.3) is 0 Å². The summed E-state index contributed by atoms with van der Waals surface area (Å²) in [5.41, 5.74) is 1.35. The Kier molecular flexibility index (Phi) is 5.55. The summed E-state index contributed by atoms with van der Waals surface area (Å²) in [4.78, 5) is 16.6. The van der Waals surface area contributed by atoms with Crippen LogP contribution in [-0.4, -0.2) is 29.3 Å². The van der Waals surface area contributed by atoms with Gasteiger partial charge >= 0.3 is 6.09 Å². The van der Waals surface area contributed by atoms with Crippen molar-refractivity contribution in [2.45, 2.75) is 45.9 Å². The molecule has 1 heterocycles. The van der Waals surface area contributed by atoms with E-state index in [-0.39, 0.29) is 12.1 Å². The number of alkyl carbamates (subject to hydrolysis) is 1. The SMILES string of the molecule is CC(CNC(=O)OC(C)(C)C)NCc1cncs1. The fourth-order valence-electron chi connectivity index (χ4n) is 1.23. The zero-order chi connectivity index (χ0) is 13.6. The number of hydrogen-bond acceptors (Lipinski definition) is 5. The summed E-state index contributed by atoms with van der Waals surface area (Å²) in [6.45, 7) is 8.85. The van der Waals surface area contributed by atoms with E-state index in [1.807, 2.05) is 33.9 Å². The van der Waals surface area contributed by atoms with E-state index >= 15 is 0 Å². The summed E-state index contributed by atoms with van der Waals surface area (Å²) in [5, 5.41) is 6.04. The Labute approximate surface area is 112 Å². The third-order valence-corrected chi connectivity index (χ3v) is 2.84. The molecule has 6 heteroatoms. The molecule has 1 amide bonds. The minimum atomic E-state index is -0.455. The van der Waals surface area contributed by atoms with Gasteiger partial charge in [-0.15, -0.1) is 11.3 Å². The zero-order valence-corrected chi connectivity index (χ0v) is 12.1. The molecule has 1 unspecified atom stereocenters. The molecule has 0 saturated heterocycles. The highest BCUT2D eigenvalue weighted by Gasteiger charge is 2.16. The van der Waals surface area contributed by atoms with Gasteiger partial charge in [0.2, 0.25) is 0 Å². The Morgan fingerprint density at radius 1 is 1.56 bits per heavy atom. The largest absolute Gasteiger partial charge is 0.444 e. The average molecular weight is 271 g/mol. The fourth-order valence-corrected chi connectivity index (χ4v) is 1.77. The highest BCUT2D eigenvalue weighted by molar-refractivity contribution is 7.09. The normalized spacial score (nSPS) is 13.1. The number of rotatable bonds is 5. The second-order valence-corrected chi connectivity index (χ2v) is 6.10. The molecule has 0 aliphatic carbocycles. The van der Waals surface area contributed by atoms with E-state index < -0.39 is 5.60 Å². The number of hydrogen-bond donors (Lipinski definition) is 2. The van der Waals surface area contributed by atoms with Gasteiger partial charge in [-0.2, -0.15) is 0 Å². The van der Waals surface area contributed by atoms with Gasteiger partial charge in [0.25, 0.3) is 0 Å². The first-order valence-electron chi connectivity index (χ1n) is 5.94. The second kappa shape index (κ2) is 6.70. The lowest BCUT2D eigenvalue weighted by Crippen LogP contribution is -2.40. The van der Waals surface area contributed by atoms with Crippen molar-refractivity contribution in [1.82, 2.24) is 15.6 Å². The molecule has 0 aliphatic heterocycles. The Balaban J connectivity index is 2.17. The highest BCUT2D eigenvalue weighted by atomic mass is 32.1. The topological polar surface area (TPSA) is 63.2 Å². The fraction of sp³-hybridized carbons (Fsp3) is 0.667. The van der Waals surface area contributed by atoms with Crippen molar-refractivity contribution < 1.29 is 9.53 Å². The van der Waals surface area contributed by atoms with Gasteiger partial charge in [-0.05, 0) is 27.7 Å². The first-order valence-corrected chi connectivity index (χ1v) is 6.82. The van der Waals surface area contributed by atoms with Crippen LogP contribution >= 0.6 is 11.3 Å². The van der Waals surface area contributed by atoms with Gasteiger partial charge in [0.05, 0.1) is 5.51 Å². The Morgan fingerprint density at radius 3 is 2.83 bits per heavy atom. The quantitative estimate of drug-likeness (QED) is 0.861. The summed E-state index contributed by atoms with van der Waals surface area (Å²) < 4.78 is 5.15. The lowest BCUT2D eigenvalue weighted by molar-refractivity contribution is 0.0523. The number of carbonyl (C=O) groups is 1. The van der Waals surface area contributed by atoms with Crippen LogP contribution < -0.4 is 10.6 Å². The van der Waals surface area contributed by atoms with Crippen molar-refractivity contribution in [1.29, 1.82) is 0 Å². The lowest BCUT2D eigenvalue weighted by Gasteiger charge is -2.21.